The van der Waals surface area contributed by atoms with Gasteiger partial charge in [0.1, 0.15) is 11.7 Å². The molecule has 2 aliphatic carbocycles. The number of fused-ring (bicyclic) bond motifs is 1. The molecule has 3 rings (SSSR count). The summed E-state index contributed by atoms with van der Waals surface area (Å²) in [5.74, 6) is 0.0363. The Morgan fingerprint density at radius 1 is 1.21 bits per heavy atom. The maximum absolute atomic E-state index is 11.2. The zero-order valence-electron chi connectivity index (χ0n) is 18.6. The molecule has 0 aromatic heterocycles. The van der Waals surface area contributed by atoms with Gasteiger partial charge in [-0.2, -0.15) is 0 Å². The van der Waals surface area contributed by atoms with Crippen molar-refractivity contribution in [1.82, 2.24) is 0 Å². The van der Waals surface area contributed by atoms with Crippen LogP contribution < -0.4 is 0 Å². The van der Waals surface area contributed by atoms with Gasteiger partial charge < -0.3 is 5.11 Å². The Hall–Kier alpha value is -0.870. The summed E-state index contributed by atoms with van der Waals surface area (Å²) in [7, 11) is 0. The van der Waals surface area contributed by atoms with E-state index in [0.29, 0.717) is 11.8 Å². The van der Waals surface area contributed by atoms with E-state index in [1.54, 1.807) is 6.92 Å². The number of hydrogen-bond donors (Lipinski definition) is 1. The second kappa shape index (κ2) is 7.75. The predicted molar refractivity (Wildman–Crippen MR) is 111 cm³/mol. The molecule has 3 aliphatic rings. The normalized spacial score (nSPS) is 45.3. The first kappa shape index (κ1) is 21.8. The van der Waals surface area contributed by atoms with Gasteiger partial charge >= 0.3 is 5.97 Å². The highest BCUT2D eigenvalue weighted by molar-refractivity contribution is 5.70. The van der Waals surface area contributed by atoms with Crippen LogP contribution in [0.3, 0.4) is 0 Å². The summed E-state index contributed by atoms with van der Waals surface area (Å²) in [6.45, 7) is 15.7. The van der Waals surface area contributed by atoms with Crippen molar-refractivity contribution >= 4 is 5.97 Å². The van der Waals surface area contributed by atoms with Crippen LogP contribution in [0.2, 0.25) is 0 Å². The van der Waals surface area contributed by atoms with Gasteiger partial charge in [0.2, 0.25) is 0 Å². The standard InChI is InChI=1S/C24H40O4/c1-16-8-7-9-20-23(16,5)13-10-17(2)24(20,6)15-14-22(4)12-11-19(27-28-22)18(3)21(25)26/h17-20H,1,7-15H2,2-6H3,(H,25,26)/t17-,18-,19+,20+,22+,23+,24+/m1/s1. The first-order valence-electron chi connectivity index (χ1n) is 11.3. The summed E-state index contributed by atoms with van der Waals surface area (Å²) in [6, 6.07) is 0. The van der Waals surface area contributed by atoms with E-state index in [1.807, 2.05) is 0 Å². The molecule has 0 bridgehead atoms. The highest BCUT2D eigenvalue weighted by Crippen LogP contribution is 2.63. The van der Waals surface area contributed by atoms with Crippen LogP contribution in [0.5, 0.6) is 0 Å². The third kappa shape index (κ3) is 3.79. The third-order valence-electron chi connectivity index (χ3n) is 9.04. The van der Waals surface area contributed by atoms with Crippen LogP contribution in [0.4, 0.5) is 0 Å². The Balaban J connectivity index is 1.67. The van der Waals surface area contributed by atoms with Crippen LogP contribution in [0.15, 0.2) is 12.2 Å². The van der Waals surface area contributed by atoms with Crippen LogP contribution in [-0.4, -0.2) is 22.8 Å². The van der Waals surface area contributed by atoms with Crippen LogP contribution in [0, 0.1) is 28.6 Å². The molecule has 28 heavy (non-hydrogen) atoms. The van der Waals surface area contributed by atoms with E-state index < -0.39 is 11.9 Å². The molecule has 4 nitrogen and oxygen atoms in total. The number of carboxylic acids is 1. The average molecular weight is 393 g/mol. The maximum Gasteiger partial charge on any atom is 0.308 e. The largest absolute Gasteiger partial charge is 0.481 e. The van der Waals surface area contributed by atoms with Crippen molar-refractivity contribution in [3.8, 4) is 0 Å². The van der Waals surface area contributed by atoms with Crippen molar-refractivity contribution in [3.63, 3.8) is 0 Å². The smallest absolute Gasteiger partial charge is 0.308 e. The van der Waals surface area contributed by atoms with E-state index >= 15 is 0 Å². The van der Waals surface area contributed by atoms with Gasteiger partial charge in [-0.3, -0.25) is 4.79 Å². The quantitative estimate of drug-likeness (QED) is 0.450. The third-order valence-corrected chi connectivity index (χ3v) is 9.04. The fraction of sp³-hybridized carbons (Fsp3) is 0.875. The minimum absolute atomic E-state index is 0.284. The number of carboxylic acid groups (broad SMARTS) is 1. The van der Waals surface area contributed by atoms with Gasteiger partial charge in [-0.1, -0.05) is 32.9 Å². The average Bonchev–Trinajstić information content (AvgIpc) is 2.66. The zero-order valence-corrected chi connectivity index (χ0v) is 18.6. The second-order valence-corrected chi connectivity index (χ2v) is 10.7. The van der Waals surface area contributed by atoms with E-state index in [2.05, 4.69) is 34.3 Å². The molecule has 4 heteroatoms. The van der Waals surface area contributed by atoms with Gasteiger partial charge in [-0.15, -0.1) is 0 Å². The first-order valence-corrected chi connectivity index (χ1v) is 11.3. The number of rotatable bonds is 5. The minimum atomic E-state index is -0.822. The van der Waals surface area contributed by atoms with Crippen molar-refractivity contribution in [2.24, 2.45) is 28.6 Å². The molecule has 1 N–H and O–H groups in total. The fourth-order valence-corrected chi connectivity index (χ4v) is 6.30. The lowest BCUT2D eigenvalue weighted by Gasteiger charge is -2.59. The van der Waals surface area contributed by atoms with Gasteiger partial charge in [-0.05, 0) is 94.3 Å². The number of aliphatic carboxylic acids is 1. The van der Waals surface area contributed by atoms with Gasteiger partial charge in [0.25, 0.3) is 0 Å². The minimum Gasteiger partial charge on any atom is -0.481 e. The van der Waals surface area contributed by atoms with E-state index in [-0.39, 0.29) is 22.5 Å². The molecule has 0 aromatic rings. The Morgan fingerprint density at radius 2 is 1.93 bits per heavy atom. The van der Waals surface area contributed by atoms with E-state index in [1.165, 1.54) is 37.7 Å². The Labute approximate surface area is 171 Å². The van der Waals surface area contributed by atoms with E-state index in [4.69, 9.17) is 9.78 Å². The molecule has 1 heterocycles. The molecule has 2 saturated carbocycles. The zero-order chi connectivity index (χ0) is 20.7. The monoisotopic (exact) mass is 392 g/mol. The Bertz CT molecular complexity index is 606. The topological polar surface area (TPSA) is 55.8 Å². The summed E-state index contributed by atoms with van der Waals surface area (Å²) < 4.78 is 0. The summed E-state index contributed by atoms with van der Waals surface area (Å²) in [6.07, 6.45) is 9.66. The van der Waals surface area contributed by atoms with Gasteiger partial charge in [0.15, 0.2) is 0 Å². The van der Waals surface area contributed by atoms with E-state index in [9.17, 15) is 9.90 Å². The highest BCUT2D eigenvalue weighted by Gasteiger charge is 2.54. The molecule has 1 aliphatic heterocycles. The van der Waals surface area contributed by atoms with Crippen molar-refractivity contribution in [2.75, 3.05) is 0 Å². The summed E-state index contributed by atoms with van der Waals surface area (Å²) in [5, 5.41) is 9.21. The summed E-state index contributed by atoms with van der Waals surface area (Å²) in [5.41, 5.74) is 1.72. The van der Waals surface area contributed by atoms with Gasteiger partial charge in [0.05, 0.1) is 5.92 Å². The van der Waals surface area contributed by atoms with Crippen molar-refractivity contribution in [1.29, 1.82) is 0 Å². The molecule has 7 atom stereocenters. The molecule has 0 spiro atoms. The van der Waals surface area contributed by atoms with Crippen molar-refractivity contribution < 1.29 is 19.7 Å². The van der Waals surface area contributed by atoms with Gasteiger partial charge in [-0.25, -0.2) is 9.78 Å². The molecule has 0 unspecified atom stereocenters. The van der Waals surface area contributed by atoms with Crippen molar-refractivity contribution in [2.45, 2.75) is 104 Å². The molecule has 0 amide bonds. The summed E-state index contributed by atoms with van der Waals surface area (Å²) in [4.78, 5) is 22.6. The highest BCUT2D eigenvalue weighted by atomic mass is 17.2. The molecule has 1 saturated heterocycles. The number of carbonyl (C=O) groups is 1. The van der Waals surface area contributed by atoms with Crippen molar-refractivity contribution in [3.05, 3.63) is 12.2 Å². The number of hydrogen-bond acceptors (Lipinski definition) is 3. The molecular weight excluding hydrogens is 352 g/mol. The molecule has 0 radical (unpaired) electrons. The first-order chi connectivity index (χ1) is 13.0. The molecule has 160 valence electrons. The summed E-state index contributed by atoms with van der Waals surface area (Å²) >= 11 is 0. The molecular formula is C24H40O4. The lowest BCUT2D eigenvalue weighted by molar-refractivity contribution is -0.412. The van der Waals surface area contributed by atoms with E-state index in [0.717, 1.165) is 25.7 Å². The molecule has 0 aromatic carbocycles. The number of allylic oxidation sites excluding steroid dienone is 1. The van der Waals surface area contributed by atoms with Crippen LogP contribution in [0.25, 0.3) is 0 Å². The SMILES string of the molecule is C=C1CCC[C@@H]2[C@@](C)(CC[C@]3(C)CC[C@@H]([C@@H](C)C(=O)O)OO3)[C@H](C)CC[C@@]12C. The lowest BCUT2D eigenvalue weighted by atomic mass is 9.46. The predicted octanol–water partition coefficient (Wildman–Crippen LogP) is 6.16. The fourth-order valence-electron chi connectivity index (χ4n) is 6.30. The maximum atomic E-state index is 11.2. The lowest BCUT2D eigenvalue weighted by Crippen LogP contribution is -2.51. The van der Waals surface area contributed by atoms with Crippen LogP contribution in [0.1, 0.15) is 92.4 Å². The second-order valence-electron chi connectivity index (χ2n) is 10.7. The Morgan fingerprint density at radius 3 is 2.54 bits per heavy atom. The Kier molecular flexibility index (Phi) is 6.05. The van der Waals surface area contributed by atoms with Gasteiger partial charge in [0, 0.05) is 0 Å². The molecule has 3 fully saturated rings. The van der Waals surface area contributed by atoms with Crippen LogP contribution in [-0.2, 0) is 14.6 Å². The van der Waals surface area contributed by atoms with Crippen LogP contribution >= 0.6 is 0 Å².